The highest BCUT2D eigenvalue weighted by Gasteiger charge is 2.38. The first-order valence-electron chi connectivity index (χ1n) is 10.8. The largest absolute Gasteiger partial charge is 0.469 e. The second kappa shape index (κ2) is 8.56. The number of aromatic nitrogens is 2. The van der Waals surface area contributed by atoms with Crippen LogP contribution in [0.4, 0.5) is 0 Å². The number of nitrogens with zero attached hydrogens (tertiary/aromatic N) is 2. The van der Waals surface area contributed by atoms with Crippen molar-refractivity contribution in [3.63, 3.8) is 0 Å². The van der Waals surface area contributed by atoms with Gasteiger partial charge in [0.05, 0.1) is 12.9 Å². The number of fused-ring (bicyclic) bond motifs is 1. The fourth-order valence-corrected chi connectivity index (χ4v) is 5.54. The molecule has 0 aliphatic heterocycles. The van der Waals surface area contributed by atoms with E-state index in [1.165, 1.54) is 35.2 Å². The van der Waals surface area contributed by atoms with Gasteiger partial charge in [0.15, 0.2) is 0 Å². The van der Waals surface area contributed by atoms with Crippen molar-refractivity contribution in [3.8, 4) is 0 Å². The van der Waals surface area contributed by atoms with Crippen LogP contribution in [0.25, 0.3) is 0 Å². The molecule has 1 saturated carbocycles. The Bertz CT molecular complexity index is 940. The lowest BCUT2D eigenvalue weighted by Gasteiger charge is -2.27. The molecule has 4 N–H and O–H groups in total. The van der Waals surface area contributed by atoms with Gasteiger partial charge in [-0.1, -0.05) is 18.2 Å². The Morgan fingerprint density at radius 2 is 2.17 bits per heavy atom. The third-order valence-electron chi connectivity index (χ3n) is 6.92. The minimum atomic E-state index is -4.48. The lowest BCUT2D eigenvalue weighted by molar-refractivity contribution is 0.153. The molecule has 2 aliphatic rings. The summed E-state index contributed by atoms with van der Waals surface area (Å²) in [5.74, 6) is 1.04. The van der Waals surface area contributed by atoms with E-state index in [1.54, 1.807) is 0 Å². The summed E-state index contributed by atoms with van der Waals surface area (Å²) in [4.78, 5) is 22.1. The molecule has 164 valence electrons. The molecule has 1 aromatic carbocycles. The van der Waals surface area contributed by atoms with Crippen molar-refractivity contribution in [3.05, 3.63) is 53.1 Å². The number of nitrogens with two attached hydrogens (primary N) is 1. The standard InChI is InChI=1S/C22H32N3O4P/c1-25-15-24-13-21(25)7-3-16-2-4-18-11-19(6-5-17(18)10-16)20-8-9-22(23,12-20)14-29-30(26,27)28/h5-6,11,13,15-16,20H,2-4,7-10,12,14,23H2,1H3,(H2,26,27,28)/t16?,20-,22+/m0/s1. The predicted octanol–water partition coefficient (Wildman–Crippen LogP) is 3.23. The maximum absolute atomic E-state index is 11.0. The molecule has 0 amide bonds. The second-order valence-corrected chi connectivity index (χ2v) is 10.5. The number of imidazole rings is 1. The van der Waals surface area contributed by atoms with E-state index >= 15 is 0 Å². The first-order chi connectivity index (χ1) is 14.2. The SMILES string of the molecule is Cn1cncc1CCC1CCc2cc([C@H]3CC[C@](N)(COP(=O)(O)O)C3)ccc2C1. The quantitative estimate of drug-likeness (QED) is 0.578. The van der Waals surface area contributed by atoms with E-state index in [1.807, 2.05) is 12.5 Å². The van der Waals surface area contributed by atoms with Gasteiger partial charge in [0.2, 0.25) is 0 Å². The van der Waals surface area contributed by atoms with Crippen LogP contribution in [-0.4, -0.2) is 31.5 Å². The van der Waals surface area contributed by atoms with Crippen molar-refractivity contribution in [2.24, 2.45) is 18.7 Å². The number of rotatable bonds is 7. The molecule has 2 aliphatic carbocycles. The molecule has 1 fully saturated rings. The van der Waals surface area contributed by atoms with Gasteiger partial charge in [-0.05, 0) is 79.9 Å². The lowest BCUT2D eigenvalue weighted by Crippen LogP contribution is -2.41. The van der Waals surface area contributed by atoms with E-state index in [0.29, 0.717) is 24.7 Å². The smallest absolute Gasteiger partial charge is 0.338 e. The van der Waals surface area contributed by atoms with E-state index in [4.69, 9.17) is 20.0 Å². The molecule has 8 heteroatoms. The van der Waals surface area contributed by atoms with Crippen molar-refractivity contribution in [1.29, 1.82) is 0 Å². The van der Waals surface area contributed by atoms with Crippen LogP contribution in [0.15, 0.2) is 30.7 Å². The van der Waals surface area contributed by atoms with Gasteiger partial charge in [0, 0.05) is 24.5 Å². The molecule has 0 saturated heterocycles. The number of hydrogen-bond acceptors (Lipinski definition) is 4. The maximum atomic E-state index is 11.0. The molecule has 7 nitrogen and oxygen atoms in total. The van der Waals surface area contributed by atoms with Gasteiger partial charge in [-0.25, -0.2) is 9.55 Å². The number of aryl methyl sites for hydroxylation is 3. The van der Waals surface area contributed by atoms with Crippen LogP contribution in [-0.2, 0) is 35.4 Å². The van der Waals surface area contributed by atoms with Gasteiger partial charge in [-0.2, -0.15) is 0 Å². The average Bonchev–Trinajstić information content (AvgIpc) is 3.30. The van der Waals surface area contributed by atoms with Crippen LogP contribution < -0.4 is 5.73 Å². The summed E-state index contributed by atoms with van der Waals surface area (Å²) in [5.41, 5.74) is 11.2. The molecule has 3 atom stereocenters. The van der Waals surface area contributed by atoms with Crippen molar-refractivity contribution in [2.45, 2.75) is 62.8 Å². The van der Waals surface area contributed by atoms with E-state index in [-0.39, 0.29) is 6.61 Å². The predicted molar refractivity (Wildman–Crippen MR) is 115 cm³/mol. The Morgan fingerprint density at radius 1 is 1.33 bits per heavy atom. The molecule has 4 rings (SSSR count). The summed E-state index contributed by atoms with van der Waals surface area (Å²) in [6.45, 7) is -0.100. The van der Waals surface area contributed by atoms with E-state index in [9.17, 15) is 4.57 Å². The lowest BCUT2D eigenvalue weighted by atomic mass is 9.79. The molecule has 0 bridgehead atoms. The van der Waals surface area contributed by atoms with Crippen LogP contribution in [0.2, 0.25) is 0 Å². The van der Waals surface area contributed by atoms with Crippen LogP contribution >= 0.6 is 7.82 Å². The van der Waals surface area contributed by atoms with Gasteiger partial charge in [-0.3, -0.25) is 4.52 Å². The Labute approximate surface area is 177 Å². The first kappa shape index (κ1) is 21.7. The fourth-order valence-electron chi connectivity index (χ4n) is 5.11. The van der Waals surface area contributed by atoms with Crippen LogP contribution in [0.5, 0.6) is 0 Å². The Morgan fingerprint density at radius 3 is 2.90 bits per heavy atom. The minimum Gasteiger partial charge on any atom is -0.338 e. The number of phosphoric acid groups is 1. The molecule has 0 spiro atoms. The topological polar surface area (TPSA) is 111 Å². The zero-order valence-electron chi connectivity index (χ0n) is 17.5. The maximum Gasteiger partial charge on any atom is 0.469 e. The molecule has 1 unspecified atom stereocenters. The van der Waals surface area contributed by atoms with Crippen LogP contribution in [0, 0.1) is 5.92 Å². The zero-order valence-corrected chi connectivity index (χ0v) is 18.4. The highest BCUT2D eigenvalue weighted by atomic mass is 31.2. The van der Waals surface area contributed by atoms with E-state index < -0.39 is 13.4 Å². The number of benzene rings is 1. The summed E-state index contributed by atoms with van der Waals surface area (Å²) in [7, 11) is -2.43. The summed E-state index contributed by atoms with van der Waals surface area (Å²) in [6.07, 6.45) is 11.9. The summed E-state index contributed by atoms with van der Waals surface area (Å²) < 4.78 is 17.8. The Hall–Kier alpha value is -1.50. The van der Waals surface area contributed by atoms with Gasteiger partial charge in [0.1, 0.15) is 0 Å². The van der Waals surface area contributed by atoms with Crippen molar-refractivity contribution in [1.82, 2.24) is 9.55 Å². The van der Waals surface area contributed by atoms with Crippen LogP contribution in [0.1, 0.15) is 60.4 Å². The van der Waals surface area contributed by atoms with Gasteiger partial charge < -0.3 is 20.1 Å². The third kappa shape index (κ3) is 5.21. The number of phosphoric ester groups is 1. The number of hydrogen-bond donors (Lipinski definition) is 3. The monoisotopic (exact) mass is 433 g/mol. The zero-order chi connectivity index (χ0) is 21.4. The van der Waals surface area contributed by atoms with Gasteiger partial charge in [-0.15, -0.1) is 0 Å². The third-order valence-corrected chi connectivity index (χ3v) is 7.39. The highest BCUT2D eigenvalue weighted by Crippen LogP contribution is 2.44. The van der Waals surface area contributed by atoms with Crippen molar-refractivity contribution in [2.75, 3.05) is 6.61 Å². The van der Waals surface area contributed by atoms with Gasteiger partial charge >= 0.3 is 7.82 Å². The normalized spacial score (nSPS) is 26.7. The Kier molecular flexibility index (Phi) is 6.20. The van der Waals surface area contributed by atoms with Crippen LogP contribution in [0.3, 0.4) is 0 Å². The van der Waals surface area contributed by atoms with Gasteiger partial charge in [0.25, 0.3) is 0 Å². The molecular formula is C22H32N3O4P. The molecule has 2 aromatic rings. The summed E-state index contributed by atoms with van der Waals surface area (Å²) >= 11 is 0. The van der Waals surface area contributed by atoms with Crippen molar-refractivity contribution < 1.29 is 18.9 Å². The summed E-state index contributed by atoms with van der Waals surface area (Å²) in [5, 5.41) is 0. The minimum absolute atomic E-state index is 0.100. The highest BCUT2D eigenvalue weighted by molar-refractivity contribution is 7.46. The molecular weight excluding hydrogens is 401 g/mol. The fraction of sp³-hybridized carbons (Fsp3) is 0.591. The average molecular weight is 433 g/mol. The van der Waals surface area contributed by atoms with E-state index in [0.717, 1.165) is 25.7 Å². The molecule has 30 heavy (non-hydrogen) atoms. The molecule has 1 aromatic heterocycles. The van der Waals surface area contributed by atoms with E-state index in [2.05, 4.69) is 34.8 Å². The molecule has 0 radical (unpaired) electrons. The summed E-state index contributed by atoms with van der Waals surface area (Å²) in [6, 6.07) is 6.85. The molecule has 1 heterocycles. The first-order valence-corrected chi connectivity index (χ1v) is 12.3. The Balaban J connectivity index is 1.35. The second-order valence-electron chi connectivity index (χ2n) is 9.24. The van der Waals surface area contributed by atoms with Crippen molar-refractivity contribution >= 4 is 7.82 Å².